The molecule has 0 aliphatic carbocycles. The van der Waals surface area contributed by atoms with Gasteiger partial charge < -0.3 is 10.2 Å². The summed E-state index contributed by atoms with van der Waals surface area (Å²) in [6.07, 6.45) is 4.82. The van der Waals surface area contributed by atoms with E-state index in [2.05, 4.69) is 0 Å². The Hall–Kier alpha value is -1.77. The molecule has 1 aromatic carbocycles. The minimum Gasteiger partial charge on any atom is -0.507 e. The first-order chi connectivity index (χ1) is 7.99. The van der Waals surface area contributed by atoms with E-state index in [4.69, 9.17) is 0 Å². The third-order valence-corrected chi connectivity index (χ3v) is 2.77. The summed E-state index contributed by atoms with van der Waals surface area (Å²) in [7, 11) is 0. The van der Waals surface area contributed by atoms with Gasteiger partial charge in [-0.25, -0.2) is 0 Å². The van der Waals surface area contributed by atoms with E-state index >= 15 is 0 Å². The number of hydrogen-bond acceptors (Lipinski definition) is 3. The highest BCUT2D eigenvalue weighted by molar-refractivity contribution is 5.99. The lowest BCUT2D eigenvalue weighted by Crippen LogP contribution is -2.01. The van der Waals surface area contributed by atoms with E-state index in [0.717, 1.165) is 0 Å². The van der Waals surface area contributed by atoms with Crippen LogP contribution >= 0.6 is 0 Å². The number of phenolic OH excluding ortho intramolecular Hbond substituents is 2. The Morgan fingerprint density at radius 3 is 2.53 bits per heavy atom. The van der Waals surface area contributed by atoms with Gasteiger partial charge in [0.25, 0.3) is 0 Å². The van der Waals surface area contributed by atoms with Crippen molar-refractivity contribution in [2.24, 2.45) is 0 Å². The van der Waals surface area contributed by atoms with Crippen LogP contribution in [0.25, 0.3) is 0 Å². The number of carbonyl (C=O) groups excluding carboxylic acids is 1. The molecule has 0 bridgehead atoms. The summed E-state index contributed by atoms with van der Waals surface area (Å²) in [6, 6.07) is 1.54. The maximum Gasteiger partial charge on any atom is 0.166 e. The van der Waals surface area contributed by atoms with Crippen molar-refractivity contribution in [1.82, 2.24) is 0 Å². The van der Waals surface area contributed by atoms with Gasteiger partial charge in [0, 0.05) is 12.0 Å². The lowest BCUT2D eigenvalue weighted by Gasteiger charge is -2.10. The molecule has 1 rings (SSSR count). The standard InChI is InChI=1S/C14H18O3/c1-4-5-6-7-12(15)11-8-9(2)13(16)10(3)14(11)17/h4-5,8,16-17H,6-7H2,1-3H3/b5-4+. The van der Waals surface area contributed by atoms with Gasteiger partial charge in [-0.1, -0.05) is 12.2 Å². The summed E-state index contributed by atoms with van der Waals surface area (Å²) < 4.78 is 0. The maximum absolute atomic E-state index is 11.9. The molecule has 0 saturated heterocycles. The van der Waals surface area contributed by atoms with Crippen molar-refractivity contribution in [3.63, 3.8) is 0 Å². The molecular formula is C14H18O3. The molecule has 0 aromatic heterocycles. The van der Waals surface area contributed by atoms with Gasteiger partial charge in [-0.05, 0) is 38.8 Å². The van der Waals surface area contributed by atoms with Crippen molar-refractivity contribution >= 4 is 5.78 Å². The summed E-state index contributed by atoms with van der Waals surface area (Å²) in [4.78, 5) is 11.9. The fraction of sp³-hybridized carbons (Fsp3) is 0.357. The van der Waals surface area contributed by atoms with E-state index in [0.29, 0.717) is 29.5 Å². The summed E-state index contributed by atoms with van der Waals surface area (Å²) in [5.41, 5.74) is 1.26. The molecule has 3 heteroatoms. The third-order valence-electron chi connectivity index (χ3n) is 2.77. The van der Waals surface area contributed by atoms with Gasteiger partial charge in [-0.15, -0.1) is 0 Å². The molecule has 0 aliphatic rings. The summed E-state index contributed by atoms with van der Waals surface area (Å²) in [5, 5.41) is 19.5. The van der Waals surface area contributed by atoms with Crippen LogP contribution in [0.1, 0.15) is 41.3 Å². The van der Waals surface area contributed by atoms with E-state index in [1.54, 1.807) is 13.8 Å². The van der Waals surface area contributed by atoms with Gasteiger partial charge >= 0.3 is 0 Å². The van der Waals surface area contributed by atoms with Crippen LogP contribution < -0.4 is 0 Å². The first-order valence-electron chi connectivity index (χ1n) is 5.65. The molecule has 2 N–H and O–H groups in total. The first-order valence-corrected chi connectivity index (χ1v) is 5.65. The van der Waals surface area contributed by atoms with Crippen LogP contribution in [0.2, 0.25) is 0 Å². The molecule has 1 aromatic rings. The fourth-order valence-corrected chi connectivity index (χ4v) is 1.69. The second-order valence-electron chi connectivity index (χ2n) is 4.09. The van der Waals surface area contributed by atoms with Crippen molar-refractivity contribution in [2.75, 3.05) is 0 Å². The molecule has 92 valence electrons. The Labute approximate surface area is 101 Å². The minimum atomic E-state index is -0.112. The summed E-state index contributed by atoms with van der Waals surface area (Å²) >= 11 is 0. The van der Waals surface area contributed by atoms with Crippen molar-refractivity contribution in [3.05, 3.63) is 34.9 Å². The van der Waals surface area contributed by atoms with Crippen molar-refractivity contribution in [3.8, 4) is 11.5 Å². The Morgan fingerprint density at radius 2 is 1.94 bits per heavy atom. The topological polar surface area (TPSA) is 57.5 Å². The van der Waals surface area contributed by atoms with Crippen molar-refractivity contribution < 1.29 is 15.0 Å². The Balaban J connectivity index is 3.02. The fourth-order valence-electron chi connectivity index (χ4n) is 1.69. The number of hydrogen-bond donors (Lipinski definition) is 2. The number of ketones is 1. The smallest absolute Gasteiger partial charge is 0.166 e. The molecule has 0 saturated carbocycles. The number of rotatable bonds is 4. The van der Waals surface area contributed by atoms with Gasteiger partial charge in [-0.2, -0.15) is 0 Å². The third kappa shape index (κ3) is 2.87. The highest BCUT2D eigenvalue weighted by atomic mass is 16.3. The highest BCUT2D eigenvalue weighted by Gasteiger charge is 2.16. The second-order valence-corrected chi connectivity index (χ2v) is 4.09. The van der Waals surface area contributed by atoms with E-state index in [1.165, 1.54) is 6.07 Å². The molecular weight excluding hydrogens is 216 g/mol. The number of allylic oxidation sites excluding steroid dienone is 2. The van der Waals surface area contributed by atoms with E-state index in [1.807, 2.05) is 19.1 Å². The molecule has 0 fully saturated rings. The molecule has 3 nitrogen and oxygen atoms in total. The lowest BCUT2D eigenvalue weighted by molar-refractivity contribution is 0.0981. The van der Waals surface area contributed by atoms with Crippen LogP contribution in [0, 0.1) is 13.8 Å². The summed E-state index contributed by atoms with van der Waals surface area (Å²) in [5.74, 6) is -0.169. The molecule has 0 radical (unpaired) electrons. The molecule has 0 heterocycles. The van der Waals surface area contributed by atoms with Crippen molar-refractivity contribution in [2.45, 2.75) is 33.6 Å². The number of phenols is 2. The quantitative estimate of drug-likeness (QED) is 0.621. The average Bonchev–Trinajstić information content (AvgIpc) is 2.31. The van der Waals surface area contributed by atoms with Crippen molar-refractivity contribution in [1.29, 1.82) is 0 Å². The van der Waals surface area contributed by atoms with E-state index < -0.39 is 0 Å². The van der Waals surface area contributed by atoms with Crippen LogP contribution in [-0.4, -0.2) is 16.0 Å². The van der Waals surface area contributed by atoms with E-state index in [9.17, 15) is 15.0 Å². The molecule has 0 unspecified atom stereocenters. The number of carbonyl (C=O) groups is 1. The van der Waals surface area contributed by atoms with E-state index in [-0.39, 0.29) is 17.3 Å². The SMILES string of the molecule is C/C=C/CCC(=O)c1cc(C)c(O)c(C)c1O. The van der Waals surface area contributed by atoms with Gasteiger partial charge in [-0.3, -0.25) is 4.79 Å². The number of benzene rings is 1. The predicted molar refractivity (Wildman–Crippen MR) is 67.6 cm³/mol. The Bertz CT molecular complexity index is 459. The largest absolute Gasteiger partial charge is 0.507 e. The first kappa shape index (κ1) is 13.3. The van der Waals surface area contributed by atoms with Crippen LogP contribution in [0.3, 0.4) is 0 Å². The van der Waals surface area contributed by atoms with Crippen LogP contribution in [-0.2, 0) is 0 Å². The van der Waals surface area contributed by atoms with Gasteiger partial charge in [0.2, 0.25) is 0 Å². The molecule has 0 atom stereocenters. The number of aromatic hydroxyl groups is 2. The molecule has 0 amide bonds. The molecule has 17 heavy (non-hydrogen) atoms. The Morgan fingerprint density at radius 1 is 1.29 bits per heavy atom. The zero-order valence-corrected chi connectivity index (χ0v) is 10.4. The van der Waals surface area contributed by atoms with Crippen LogP contribution in [0.5, 0.6) is 11.5 Å². The maximum atomic E-state index is 11.9. The van der Waals surface area contributed by atoms with Gasteiger partial charge in [0.1, 0.15) is 11.5 Å². The number of Topliss-reactive ketones (excluding diaryl/α,β-unsaturated/α-hetero) is 1. The summed E-state index contributed by atoms with van der Waals surface area (Å²) in [6.45, 7) is 5.21. The zero-order chi connectivity index (χ0) is 13.0. The number of aryl methyl sites for hydroxylation is 1. The lowest BCUT2D eigenvalue weighted by atomic mass is 9.99. The molecule has 0 aliphatic heterocycles. The zero-order valence-electron chi connectivity index (χ0n) is 10.4. The second kappa shape index (κ2) is 5.53. The van der Waals surface area contributed by atoms with Gasteiger partial charge in [0.05, 0.1) is 5.56 Å². The Kier molecular flexibility index (Phi) is 4.32. The van der Waals surface area contributed by atoms with Crippen LogP contribution in [0.15, 0.2) is 18.2 Å². The monoisotopic (exact) mass is 234 g/mol. The van der Waals surface area contributed by atoms with Gasteiger partial charge in [0.15, 0.2) is 5.78 Å². The van der Waals surface area contributed by atoms with Crippen LogP contribution in [0.4, 0.5) is 0 Å². The highest BCUT2D eigenvalue weighted by Crippen LogP contribution is 2.33. The predicted octanol–water partition coefficient (Wildman–Crippen LogP) is 3.25. The normalized spacial score (nSPS) is 11.0. The average molecular weight is 234 g/mol. The molecule has 0 spiro atoms. The minimum absolute atomic E-state index is 0.0486.